The first-order valence-electron chi connectivity index (χ1n) is 6.09. The van der Waals surface area contributed by atoms with Crippen LogP contribution >= 0.6 is 0 Å². The lowest BCUT2D eigenvalue weighted by molar-refractivity contribution is -0.0511. The summed E-state index contributed by atoms with van der Waals surface area (Å²) in [4.78, 5) is 0. The van der Waals surface area contributed by atoms with E-state index in [4.69, 9.17) is 9.47 Å². The van der Waals surface area contributed by atoms with Crippen molar-refractivity contribution in [3.63, 3.8) is 0 Å². The van der Waals surface area contributed by atoms with E-state index in [1.165, 1.54) is 32.2 Å². The first-order chi connectivity index (χ1) is 10.1. The van der Waals surface area contributed by atoms with Gasteiger partial charge in [-0.25, -0.2) is 0 Å². The quantitative estimate of drug-likeness (QED) is 0.624. The standard InChI is InChI=1S/C13H13F3O5S/c1-12(8-19-2)7-11(21-22(17,18)13(14,15)16)9-5-3-4-6-10(9)20-12/h3-7H,8H2,1-2H3. The van der Waals surface area contributed by atoms with Gasteiger partial charge in [-0.1, -0.05) is 12.1 Å². The Bertz CT molecular complexity index is 696. The predicted molar refractivity (Wildman–Crippen MR) is 71.4 cm³/mol. The summed E-state index contributed by atoms with van der Waals surface area (Å²) in [5.41, 5.74) is -6.55. The van der Waals surface area contributed by atoms with E-state index in [2.05, 4.69) is 4.18 Å². The molecule has 1 aliphatic heterocycles. The number of ether oxygens (including phenoxy) is 2. The van der Waals surface area contributed by atoms with Crippen LogP contribution in [0.25, 0.3) is 5.76 Å². The van der Waals surface area contributed by atoms with Crippen LogP contribution < -0.4 is 4.74 Å². The molecule has 22 heavy (non-hydrogen) atoms. The second-order valence-electron chi connectivity index (χ2n) is 4.84. The average molecular weight is 338 g/mol. The van der Waals surface area contributed by atoms with Gasteiger partial charge in [-0.2, -0.15) is 21.6 Å². The zero-order valence-corrected chi connectivity index (χ0v) is 12.5. The van der Waals surface area contributed by atoms with Crippen LogP contribution in [0.1, 0.15) is 12.5 Å². The molecular formula is C13H13F3O5S. The number of rotatable bonds is 4. The number of benzene rings is 1. The molecular weight excluding hydrogens is 325 g/mol. The molecule has 1 aliphatic rings. The average Bonchev–Trinajstić information content (AvgIpc) is 2.36. The van der Waals surface area contributed by atoms with Gasteiger partial charge >= 0.3 is 15.6 Å². The molecule has 0 spiro atoms. The lowest BCUT2D eigenvalue weighted by atomic mass is 10.00. The monoisotopic (exact) mass is 338 g/mol. The van der Waals surface area contributed by atoms with E-state index in [1.807, 2.05) is 0 Å². The van der Waals surface area contributed by atoms with Crippen LogP contribution in [0.15, 0.2) is 30.3 Å². The second kappa shape index (κ2) is 5.47. The fourth-order valence-corrected chi connectivity index (χ4v) is 2.46. The molecule has 0 saturated carbocycles. The highest BCUT2D eigenvalue weighted by molar-refractivity contribution is 7.87. The summed E-state index contributed by atoms with van der Waals surface area (Å²) in [6.45, 7) is 1.54. The summed E-state index contributed by atoms with van der Waals surface area (Å²) >= 11 is 0. The summed E-state index contributed by atoms with van der Waals surface area (Å²) in [5.74, 6) is -0.240. The highest BCUT2D eigenvalue weighted by Gasteiger charge is 2.49. The van der Waals surface area contributed by atoms with Crippen LogP contribution in [-0.2, 0) is 19.0 Å². The van der Waals surface area contributed by atoms with Gasteiger partial charge in [0.2, 0.25) is 0 Å². The lowest BCUT2D eigenvalue weighted by Gasteiger charge is -2.32. The minimum absolute atomic E-state index is 0.000258. The zero-order chi connectivity index (χ0) is 16.6. The Morgan fingerprint density at radius 1 is 1.27 bits per heavy atom. The third kappa shape index (κ3) is 3.20. The maximum Gasteiger partial charge on any atom is 0.534 e. The highest BCUT2D eigenvalue weighted by Crippen LogP contribution is 2.39. The SMILES string of the molecule is COCC1(C)C=C(OS(=O)(=O)C(F)(F)F)c2ccccc2O1. The Morgan fingerprint density at radius 3 is 2.50 bits per heavy atom. The molecule has 9 heteroatoms. The van der Waals surface area contributed by atoms with Gasteiger partial charge in [0, 0.05) is 13.2 Å². The van der Waals surface area contributed by atoms with E-state index in [0.717, 1.165) is 6.08 Å². The number of alkyl halides is 3. The van der Waals surface area contributed by atoms with Crippen LogP contribution in [0.5, 0.6) is 5.75 Å². The molecule has 122 valence electrons. The third-order valence-corrected chi connectivity index (χ3v) is 3.81. The van der Waals surface area contributed by atoms with Crippen LogP contribution in [0, 0.1) is 0 Å². The molecule has 0 amide bonds. The molecule has 1 heterocycles. The fourth-order valence-electron chi connectivity index (χ4n) is 1.99. The Morgan fingerprint density at radius 2 is 1.91 bits per heavy atom. The van der Waals surface area contributed by atoms with Gasteiger partial charge in [0.15, 0.2) is 11.4 Å². The maximum atomic E-state index is 12.5. The van der Waals surface area contributed by atoms with Crippen molar-refractivity contribution in [2.45, 2.75) is 18.0 Å². The van der Waals surface area contributed by atoms with E-state index in [0.29, 0.717) is 0 Å². The van der Waals surface area contributed by atoms with Gasteiger partial charge in [0.05, 0.1) is 12.2 Å². The summed E-state index contributed by atoms with van der Waals surface area (Å²) in [6.07, 6.45) is 1.15. The number of hydrogen-bond acceptors (Lipinski definition) is 5. The first kappa shape index (κ1) is 16.6. The minimum Gasteiger partial charge on any atom is -0.480 e. The molecule has 0 radical (unpaired) electrons. The summed E-state index contributed by atoms with van der Waals surface area (Å²) in [7, 11) is -4.38. The van der Waals surface area contributed by atoms with Crippen molar-refractivity contribution < 1.29 is 35.2 Å². The van der Waals surface area contributed by atoms with Gasteiger partial charge in [-0.3, -0.25) is 0 Å². The summed E-state index contributed by atoms with van der Waals surface area (Å²) in [6, 6.07) is 6.03. The molecule has 0 N–H and O–H groups in total. The Kier molecular flexibility index (Phi) is 4.14. The third-order valence-electron chi connectivity index (χ3n) is 2.85. The van der Waals surface area contributed by atoms with Crippen molar-refractivity contribution in [3.05, 3.63) is 35.9 Å². The van der Waals surface area contributed by atoms with E-state index in [1.54, 1.807) is 6.07 Å². The number of halogens is 3. The van der Waals surface area contributed by atoms with Crippen LogP contribution in [0.4, 0.5) is 13.2 Å². The lowest BCUT2D eigenvalue weighted by Crippen LogP contribution is -2.38. The van der Waals surface area contributed by atoms with Crippen LogP contribution in [0.2, 0.25) is 0 Å². The first-order valence-corrected chi connectivity index (χ1v) is 7.50. The van der Waals surface area contributed by atoms with E-state index >= 15 is 0 Å². The van der Waals surface area contributed by atoms with Crippen molar-refractivity contribution in [1.29, 1.82) is 0 Å². The Labute approximate surface area is 125 Å². The van der Waals surface area contributed by atoms with Gasteiger partial charge in [0.1, 0.15) is 5.75 Å². The molecule has 0 saturated heterocycles. The summed E-state index contributed by atoms with van der Waals surface area (Å²) in [5, 5.41) is 0. The highest BCUT2D eigenvalue weighted by atomic mass is 32.2. The molecule has 1 aromatic rings. The zero-order valence-electron chi connectivity index (χ0n) is 11.7. The number of fused-ring (bicyclic) bond motifs is 1. The largest absolute Gasteiger partial charge is 0.534 e. The molecule has 0 bridgehead atoms. The van der Waals surface area contributed by atoms with Crippen LogP contribution in [-0.4, -0.2) is 33.2 Å². The predicted octanol–water partition coefficient (Wildman–Crippen LogP) is 2.69. The number of hydrogen-bond donors (Lipinski definition) is 0. The fraction of sp³-hybridized carbons (Fsp3) is 0.385. The van der Waals surface area contributed by atoms with E-state index in [9.17, 15) is 21.6 Å². The molecule has 1 aromatic carbocycles. The van der Waals surface area contributed by atoms with Gasteiger partial charge < -0.3 is 13.7 Å². The molecule has 0 fully saturated rings. The maximum absolute atomic E-state index is 12.5. The normalized spacial score (nSPS) is 21.6. The molecule has 0 aromatic heterocycles. The summed E-state index contributed by atoms with van der Waals surface area (Å²) < 4.78 is 74.9. The van der Waals surface area contributed by atoms with Crippen molar-refractivity contribution in [3.8, 4) is 5.75 Å². The molecule has 5 nitrogen and oxygen atoms in total. The van der Waals surface area contributed by atoms with Crippen molar-refractivity contribution in [2.75, 3.05) is 13.7 Å². The van der Waals surface area contributed by atoms with Gasteiger partial charge in [-0.15, -0.1) is 0 Å². The Balaban J connectivity index is 2.48. The van der Waals surface area contributed by atoms with Crippen LogP contribution in [0.3, 0.4) is 0 Å². The molecule has 1 unspecified atom stereocenters. The van der Waals surface area contributed by atoms with Gasteiger partial charge in [0.25, 0.3) is 0 Å². The number of methoxy groups -OCH3 is 1. The minimum atomic E-state index is -5.77. The number of para-hydroxylation sites is 1. The van der Waals surface area contributed by atoms with Crippen molar-refractivity contribution in [2.24, 2.45) is 0 Å². The van der Waals surface area contributed by atoms with Crippen molar-refractivity contribution in [1.82, 2.24) is 0 Å². The second-order valence-corrected chi connectivity index (χ2v) is 6.37. The van der Waals surface area contributed by atoms with E-state index in [-0.39, 0.29) is 17.9 Å². The molecule has 2 rings (SSSR count). The van der Waals surface area contributed by atoms with Crippen molar-refractivity contribution >= 4 is 15.9 Å². The Hall–Kier alpha value is -1.74. The molecule has 1 atom stereocenters. The van der Waals surface area contributed by atoms with Gasteiger partial charge in [-0.05, 0) is 19.1 Å². The molecule has 0 aliphatic carbocycles. The van der Waals surface area contributed by atoms with E-state index < -0.39 is 27.0 Å². The topological polar surface area (TPSA) is 61.8 Å². The smallest absolute Gasteiger partial charge is 0.480 e.